The summed E-state index contributed by atoms with van der Waals surface area (Å²) in [5, 5.41) is 13.4. The molecule has 1 aliphatic heterocycles. The van der Waals surface area contributed by atoms with Crippen molar-refractivity contribution in [1.29, 1.82) is 0 Å². The number of halogens is 4. The fourth-order valence-electron chi connectivity index (χ4n) is 2.61. The third kappa shape index (κ3) is 4.85. The van der Waals surface area contributed by atoms with E-state index in [-0.39, 0.29) is 29.8 Å². The van der Waals surface area contributed by atoms with Crippen LogP contribution in [0, 0.1) is 5.82 Å². The molecule has 1 fully saturated rings. The smallest absolute Gasteiger partial charge is 0.387 e. The van der Waals surface area contributed by atoms with Crippen LogP contribution in [-0.2, 0) is 0 Å². The Bertz CT molecular complexity index is 753. The van der Waals surface area contributed by atoms with Crippen LogP contribution in [0.15, 0.2) is 24.4 Å². The van der Waals surface area contributed by atoms with E-state index in [9.17, 15) is 18.0 Å². The normalized spacial score (nSPS) is 14.8. The minimum absolute atomic E-state index is 0. The lowest BCUT2D eigenvalue weighted by atomic mass is 10.1. The van der Waals surface area contributed by atoms with E-state index in [1.807, 2.05) is 0 Å². The van der Waals surface area contributed by atoms with Gasteiger partial charge in [-0.05, 0) is 38.1 Å². The van der Waals surface area contributed by atoms with Gasteiger partial charge in [-0.3, -0.25) is 4.79 Å². The van der Waals surface area contributed by atoms with Crippen molar-refractivity contribution < 1.29 is 22.7 Å². The first-order valence-electron chi connectivity index (χ1n) is 7.71. The van der Waals surface area contributed by atoms with Crippen LogP contribution in [0.4, 0.5) is 18.9 Å². The zero-order valence-electron chi connectivity index (χ0n) is 13.5. The number of carbonyl (C=O) groups is 1. The summed E-state index contributed by atoms with van der Waals surface area (Å²) in [5.41, 5.74) is -0.0472. The van der Waals surface area contributed by atoms with Crippen LogP contribution in [0.3, 0.4) is 0 Å². The largest absolute Gasteiger partial charge is 0.432 e. The molecule has 2 heterocycles. The Morgan fingerprint density at radius 1 is 1.35 bits per heavy atom. The maximum absolute atomic E-state index is 13.2. The first-order chi connectivity index (χ1) is 12.0. The van der Waals surface area contributed by atoms with Gasteiger partial charge in [0.05, 0.1) is 17.9 Å². The van der Waals surface area contributed by atoms with E-state index >= 15 is 0 Å². The van der Waals surface area contributed by atoms with Gasteiger partial charge in [-0.1, -0.05) is 5.21 Å². The highest BCUT2D eigenvalue weighted by Gasteiger charge is 2.20. The lowest BCUT2D eigenvalue weighted by Crippen LogP contribution is -2.29. The van der Waals surface area contributed by atoms with Gasteiger partial charge in [0, 0.05) is 6.07 Å². The lowest BCUT2D eigenvalue weighted by Gasteiger charge is -2.22. The average molecular weight is 392 g/mol. The number of ether oxygens (including phenoxy) is 1. The van der Waals surface area contributed by atoms with Crippen LogP contribution in [-0.4, -0.2) is 40.6 Å². The topological polar surface area (TPSA) is 81.1 Å². The second-order valence-electron chi connectivity index (χ2n) is 5.54. The lowest BCUT2D eigenvalue weighted by molar-refractivity contribution is -0.0495. The number of amides is 1. The Morgan fingerprint density at radius 2 is 2.08 bits per heavy atom. The van der Waals surface area contributed by atoms with E-state index < -0.39 is 24.1 Å². The van der Waals surface area contributed by atoms with Crippen LogP contribution in [0.25, 0.3) is 0 Å². The summed E-state index contributed by atoms with van der Waals surface area (Å²) in [6, 6.07) is 3.09. The number of nitrogens with zero attached hydrogens (tertiary/aromatic N) is 3. The maximum atomic E-state index is 13.2. The molecule has 0 spiro atoms. The van der Waals surface area contributed by atoms with Crippen molar-refractivity contribution in [3.05, 3.63) is 35.9 Å². The average Bonchev–Trinajstić information content (AvgIpc) is 3.08. The van der Waals surface area contributed by atoms with Crippen LogP contribution >= 0.6 is 12.4 Å². The quantitative estimate of drug-likeness (QED) is 0.819. The molecule has 0 radical (unpaired) electrons. The zero-order chi connectivity index (χ0) is 17.8. The number of piperidine rings is 1. The van der Waals surface area contributed by atoms with E-state index in [0.717, 1.165) is 44.1 Å². The van der Waals surface area contributed by atoms with Crippen molar-refractivity contribution in [3.63, 3.8) is 0 Å². The first-order valence-corrected chi connectivity index (χ1v) is 7.71. The summed E-state index contributed by atoms with van der Waals surface area (Å²) in [4.78, 5) is 12.3. The number of anilines is 1. The molecule has 0 unspecified atom stereocenters. The number of hydrogen-bond acceptors (Lipinski definition) is 5. The van der Waals surface area contributed by atoms with Gasteiger partial charge in [0.25, 0.3) is 5.91 Å². The standard InChI is InChI=1S/C15H16F3N5O2.ClH/c16-9-1-2-11(13(7-9)25-15(17)18)20-14(24)12-8-23(22-21-12)10-3-5-19-6-4-10;/h1-2,7-8,10,15,19H,3-6H2,(H,20,24);1H. The van der Waals surface area contributed by atoms with Crippen molar-refractivity contribution in [1.82, 2.24) is 20.3 Å². The van der Waals surface area contributed by atoms with Crippen molar-refractivity contribution in [2.75, 3.05) is 18.4 Å². The summed E-state index contributed by atoms with van der Waals surface area (Å²) in [7, 11) is 0. The monoisotopic (exact) mass is 391 g/mol. The minimum atomic E-state index is -3.14. The third-order valence-corrected chi connectivity index (χ3v) is 3.83. The first kappa shape index (κ1) is 20.0. The molecule has 2 aromatic rings. The number of nitrogens with one attached hydrogen (secondary N) is 2. The van der Waals surface area contributed by atoms with Crippen LogP contribution in [0.1, 0.15) is 29.4 Å². The summed E-state index contributed by atoms with van der Waals surface area (Å²) in [6.45, 7) is -1.43. The van der Waals surface area contributed by atoms with Crippen molar-refractivity contribution in [3.8, 4) is 5.75 Å². The highest BCUT2D eigenvalue weighted by atomic mass is 35.5. The molecule has 0 bridgehead atoms. The van der Waals surface area contributed by atoms with Crippen molar-refractivity contribution in [2.45, 2.75) is 25.5 Å². The van der Waals surface area contributed by atoms with Gasteiger partial charge < -0.3 is 15.4 Å². The second kappa shape index (κ2) is 8.86. The molecule has 1 aromatic carbocycles. The van der Waals surface area contributed by atoms with Crippen LogP contribution < -0.4 is 15.4 Å². The zero-order valence-corrected chi connectivity index (χ0v) is 14.3. The summed E-state index contributed by atoms with van der Waals surface area (Å²) in [6.07, 6.45) is 3.24. The molecule has 142 valence electrons. The van der Waals surface area contributed by atoms with E-state index in [1.54, 1.807) is 4.68 Å². The van der Waals surface area contributed by atoms with Gasteiger partial charge in [0.1, 0.15) is 5.82 Å². The van der Waals surface area contributed by atoms with Gasteiger partial charge in [-0.2, -0.15) is 8.78 Å². The molecule has 26 heavy (non-hydrogen) atoms. The van der Waals surface area contributed by atoms with Gasteiger partial charge >= 0.3 is 6.61 Å². The summed E-state index contributed by atoms with van der Waals surface area (Å²) < 4.78 is 43.9. The fourth-order valence-corrected chi connectivity index (χ4v) is 2.61. The number of alkyl halides is 2. The number of benzene rings is 1. The van der Waals surface area contributed by atoms with Gasteiger partial charge in [-0.15, -0.1) is 17.5 Å². The minimum Gasteiger partial charge on any atom is -0.432 e. The van der Waals surface area contributed by atoms with Crippen LogP contribution in [0.5, 0.6) is 5.75 Å². The molecule has 2 N–H and O–H groups in total. The molecule has 7 nitrogen and oxygen atoms in total. The third-order valence-electron chi connectivity index (χ3n) is 3.83. The summed E-state index contributed by atoms with van der Waals surface area (Å²) >= 11 is 0. The molecule has 1 amide bonds. The Hall–Kier alpha value is -2.33. The second-order valence-corrected chi connectivity index (χ2v) is 5.54. The number of rotatable bonds is 5. The number of hydrogen-bond donors (Lipinski definition) is 2. The van der Waals surface area contributed by atoms with E-state index in [0.29, 0.717) is 0 Å². The van der Waals surface area contributed by atoms with Crippen LogP contribution in [0.2, 0.25) is 0 Å². The molecular weight excluding hydrogens is 375 g/mol. The van der Waals surface area contributed by atoms with Gasteiger partial charge in [-0.25, -0.2) is 9.07 Å². The molecule has 1 saturated heterocycles. The molecule has 0 aliphatic carbocycles. The Labute approximate surface area is 153 Å². The molecule has 0 atom stereocenters. The van der Waals surface area contributed by atoms with E-state index in [4.69, 9.17) is 0 Å². The Morgan fingerprint density at radius 3 is 2.77 bits per heavy atom. The SMILES string of the molecule is Cl.O=C(Nc1ccc(F)cc1OC(F)F)c1cn(C2CCNCC2)nn1. The molecule has 1 aromatic heterocycles. The summed E-state index contributed by atoms with van der Waals surface area (Å²) in [5.74, 6) is -1.87. The Balaban J connectivity index is 0.00000243. The van der Waals surface area contributed by atoms with E-state index in [2.05, 4.69) is 25.7 Å². The van der Waals surface area contributed by atoms with Crippen molar-refractivity contribution in [2.24, 2.45) is 0 Å². The van der Waals surface area contributed by atoms with Gasteiger partial charge in [0.15, 0.2) is 11.4 Å². The highest BCUT2D eigenvalue weighted by molar-refractivity contribution is 6.03. The number of carbonyl (C=O) groups excluding carboxylic acids is 1. The molecule has 11 heteroatoms. The predicted molar refractivity (Wildman–Crippen MR) is 89.4 cm³/mol. The number of aromatic nitrogens is 3. The van der Waals surface area contributed by atoms with Gasteiger partial charge in [0.2, 0.25) is 0 Å². The molecular formula is C15H17ClF3N5O2. The molecule has 1 aliphatic rings. The molecule has 3 rings (SSSR count). The highest BCUT2D eigenvalue weighted by Crippen LogP contribution is 2.27. The Kier molecular flexibility index (Phi) is 6.81. The van der Waals surface area contributed by atoms with E-state index in [1.165, 1.54) is 6.20 Å². The fraction of sp³-hybridized carbons (Fsp3) is 0.400. The predicted octanol–water partition coefficient (Wildman–Crippen LogP) is 2.62. The maximum Gasteiger partial charge on any atom is 0.387 e. The molecule has 0 saturated carbocycles. The van der Waals surface area contributed by atoms with Crippen molar-refractivity contribution >= 4 is 24.0 Å².